The molecule has 2 aromatic heterocycles. The van der Waals surface area contributed by atoms with Crippen molar-refractivity contribution in [3.8, 4) is 23.1 Å². The minimum atomic E-state index is -0.386. The maximum atomic E-state index is 12.1. The van der Waals surface area contributed by atoms with E-state index in [0.717, 1.165) is 0 Å². The predicted octanol–water partition coefficient (Wildman–Crippen LogP) is 3.45. The molecular formula is C17H12N2O5. The zero-order chi connectivity index (χ0) is 16.4. The van der Waals surface area contributed by atoms with E-state index in [1.807, 2.05) is 0 Å². The minimum Gasteiger partial charge on any atom is -0.459 e. The summed E-state index contributed by atoms with van der Waals surface area (Å²) < 4.78 is 21.4. The van der Waals surface area contributed by atoms with E-state index in [0.29, 0.717) is 22.9 Å². The number of amides is 1. The molecule has 1 aliphatic rings. The lowest BCUT2D eigenvalue weighted by Crippen LogP contribution is -2.11. The molecule has 0 radical (unpaired) electrons. The molecule has 120 valence electrons. The van der Waals surface area contributed by atoms with Crippen molar-refractivity contribution in [3.63, 3.8) is 0 Å². The molecule has 0 aliphatic carbocycles. The third-order valence-corrected chi connectivity index (χ3v) is 3.32. The number of carbonyl (C=O) groups is 1. The first kappa shape index (κ1) is 14.1. The molecule has 0 bridgehead atoms. The Hall–Kier alpha value is -3.48. The number of pyridine rings is 1. The van der Waals surface area contributed by atoms with Gasteiger partial charge >= 0.3 is 0 Å². The van der Waals surface area contributed by atoms with Crippen LogP contribution in [0.15, 0.2) is 59.3 Å². The van der Waals surface area contributed by atoms with Gasteiger partial charge in [0.2, 0.25) is 12.7 Å². The van der Waals surface area contributed by atoms with Gasteiger partial charge in [0.25, 0.3) is 5.91 Å². The van der Waals surface area contributed by atoms with Crippen molar-refractivity contribution < 1.29 is 23.4 Å². The highest BCUT2D eigenvalue weighted by molar-refractivity contribution is 6.02. The number of hydrogen-bond donors (Lipinski definition) is 1. The highest BCUT2D eigenvalue weighted by Crippen LogP contribution is 2.37. The summed E-state index contributed by atoms with van der Waals surface area (Å²) in [6.45, 7) is 0.187. The molecule has 1 N–H and O–H groups in total. The summed E-state index contributed by atoms with van der Waals surface area (Å²) in [5.74, 6) is 1.86. The molecule has 24 heavy (non-hydrogen) atoms. The summed E-state index contributed by atoms with van der Waals surface area (Å²) in [6, 6.07) is 11.8. The summed E-state index contributed by atoms with van der Waals surface area (Å²) in [7, 11) is 0. The standard InChI is InChI=1S/C17H12N2O5/c20-16(14-4-2-8-21-14)19-12-3-1-7-18-17(12)24-11-5-6-13-15(9-11)23-10-22-13/h1-9H,10H2,(H,19,20). The van der Waals surface area contributed by atoms with Crippen molar-refractivity contribution in [2.45, 2.75) is 0 Å². The first-order valence-corrected chi connectivity index (χ1v) is 7.17. The Morgan fingerprint density at radius 3 is 2.92 bits per heavy atom. The second-order valence-electron chi connectivity index (χ2n) is 4.90. The Morgan fingerprint density at radius 2 is 2.04 bits per heavy atom. The molecule has 7 nitrogen and oxygen atoms in total. The van der Waals surface area contributed by atoms with Gasteiger partial charge in [-0.15, -0.1) is 0 Å². The fraction of sp³-hybridized carbons (Fsp3) is 0.0588. The smallest absolute Gasteiger partial charge is 0.291 e. The summed E-state index contributed by atoms with van der Waals surface area (Å²) in [5.41, 5.74) is 0.427. The molecule has 0 unspecified atom stereocenters. The van der Waals surface area contributed by atoms with Gasteiger partial charge in [-0.1, -0.05) is 0 Å². The number of rotatable bonds is 4. The average molecular weight is 324 g/mol. The van der Waals surface area contributed by atoms with Crippen LogP contribution in [0.4, 0.5) is 5.69 Å². The van der Waals surface area contributed by atoms with Crippen molar-refractivity contribution in [2.75, 3.05) is 12.1 Å². The Balaban J connectivity index is 1.56. The second-order valence-corrected chi connectivity index (χ2v) is 4.90. The summed E-state index contributed by atoms with van der Waals surface area (Å²) in [6.07, 6.45) is 3.01. The van der Waals surface area contributed by atoms with Crippen molar-refractivity contribution in [3.05, 3.63) is 60.7 Å². The van der Waals surface area contributed by atoms with E-state index in [-0.39, 0.29) is 24.3 Å². The number of benzene rings is 1. The zero-order valence-electron chi connectivity index (χ0n) is 12.4. The molecule has 1 amide bonds. The molecule has 0 spiro atoms. The average Bonchev–Trinajstić information content (AvgIpc) is 3.27. The van der Waals surface area contributed by atoms with Crippen LogP contribution in [0.2, 0.25) is 0 Å². The van der Waals surface area contributed by atoms with E-state index in [4.69, 9.17) is 18.6 Å². The van der Waals surface area contributed by atoms with Gasteiger partial charge in [-0.05, 0) is 36.4 Å². The van der Waals surface area contributed by atoms with Gasteiger partial charge in [0.1, 0.15) is 11.4 Å². The van der Waals surface area contributed by atoms with E-state index < -0.39 is 0 Å². The number of carbonyl (C=O) groups excluding carboxylic acids is 1. The van der Waals surface area contributed by atoms with Gasteiger partial charge < -0.3 is 23.9 Å². The van der Waals surface area contributed by atoms with E-state index in [2.05, 4.69) is 10.3 Å². The molecule has 1 aromatic carbocycles. The molecule has 7 heteroatoms. The molecule has 0 saturated heterocycles. The normalized spacial score (nSPS) is 12.0. The molecular weight excluding hydrogens is 312 g/mol. The van der Waals surface area contributed by atoms with E-state index in [9.17, 15) is 4.79 Å². The van der Waals surface area contributed by atoms with Gasteiger partial charge in [0.05, 0.1) is 6.26 Å². The quantitative estimate of drug-likeness (QED) is 0.791. The van der Waals surface area contributed by atoms with E-state index in [1.54, 1.807) is 48.7 Å². The second kappa shape index (κ2) is 5.96. The number of nitrogens with one attached hydrogen (secondary N) is 1. The number of anilines is 1. The third-order valence-electron chi connectivity index (χ3n) is 3.32. The van der Waals surface area contributed by atoms with Crippen molar-refractivity contribution >= 4 is 11.6 Å². The molecule has 0 fully saturated rings. The van der Waals surface area contributed by atoms with Crippen LogP contribution in [0, 0.1) is 0 Å². The van der Waals surface area contributed by atoms with Crippen molar-refractivity contribution in [2.24, 2.45) is 0 Å². The highest BCUT2D eigenvalue weighted by atomic mass is 16.7. The highest BCUT2D eigenvalue weighted by Gasteiger charge is 2.16. The monoisotopic (exact) mass is 324 g/mol. The summed E-state index contributed by atoms with van der Waals surface area (Å²) in [4.78, 5) is 16.3. The lowest BCUT2D eigenvalue weighted by atomic mass is 10.3. The lowest BCUT2D eigenvalue weighted by Gasteiger charge is -2.10. The number of hydrogen-bond acceptors (Lipinski definition) is 6. The van der Waals surface area contributed by atoms with Crippen molar-refractivity contribution in [1.29, 1.82) is 0 Å². The van der Waals surface area contributed by atoms with Crippen LogP contribution in [0.1, 0.15) is 10.6 Å². The Kier molecular flexibility index (Phi) is 3.51. The Labute approximate surface area is 136 Å². The fourth-order valence-corrected chi connectivity index (χ4v) is 2.21. The molecule has 1 aliphatic heterocycles. The number of fused-ring (bicyclic) bond motifs is 1. The predicted molar refractivity (Wildman–Crippen MR) is 83.5 cm³/mol. The van der Waals surface area contributed by atoms with Crippen molar-refractivity contribution in [1.82, 2.24) is 4.98 Å². The Morgan fingerprint density at radius 1 is 1.12 bits per heavy atom. The number of furan rings is 1. The van der Waals surface area contributed by atoms with Gasteiger partial charge in [-0.2, -0.15) is 0 Å². The Bertz CT molecular complexity index is 876. The first-order valence-electron chi connectivity index (χ1n) is 7.17. The van der Waals surface area contributed by atoms with Crippen LogP contribution in [-0.2, 0) is 0 Å². The first-order chi connectivity index (χ1) is 11.8. The van der Waals surface area contributed by atoms with Gasteiger partial charge in [-0.25, -0.2) is 4.98 Å². The molecule has 0 atom stereocenters. The third kappa shape index (κ3) is 2.74. The number of aromatic nitrogens is 1. The van der Waals surface area contributed by atoms with Gasteiger partial charge in [-0.3, -0.25) is 4.79 Å². The van der Waals surface area contributed by atoms with Gasteiger partial charge in [0, 0.05) is 12.3 Å². The SMILES string of the molecule is O=C(Nc1cccnc1Oc1ccc2c(c1)OCO2)c1ccco1. The van der Waals surface area contributed by atoms with Crippen LogP contribution in [0.5, 0.6) is 23.1 Å². The molecule has 3 heterocycles. The summed E-state index contributed by atoms with van der Waals surface area (Å²) in [5, 5.41) is 2.71. The zero-order valence-corrected chi connectivity index (χ0v) is 12.4. The maximum Gasteiger partial charge on any atom is 0.291 e. The maximum absolute atomic E-state index is 12.1. The van der Waals surface area contributed by atoms with Crippen LogP contribution >= 0.6 is 0 Å². The minimum absolute atomic E-state index is 0.187. The molecule has 4 rings (SSSR count). The van der Waals surface area contributed by atoms with E-state index >= 15 is 0 Å². The van der Waals surface area contributed by atoms with Crippen LogP contribution in [0.25, 0.3) is 0 Å². The topological polar surface area (TPSA) is 82.8 Å². The van der Waals surface area contributed by atoms with Gasteiger partial charge in [0.15, 0.2) is 17.3 Å². The molecule has 3 aromatic rings. The fourth-order valence-electron chi connectivity index (χ4n) is 2.21. The largest absolute Gasteiger partial charge is 0.459 e. The van der Waals surface area contributed by atoms with Crippen LogP contribution < -0.4 is 19.5 Å². The number of ether oxygens (including phenoxy) is 3. The van der Waals surface area contributed by atoms with Crippen LogP contribution in [-0.4, -0.2) is 17.7 Å². The lowest BCUT2D eigenvalue weighted by molar-refractivity contribution is 0.0996. The molecule has 0 saturated carbocycles. The van der Waals surface area contributed by atoms with Crippen LogP contribution in [0.3, 0.4) is 0 Å². The summed E-state index contributed by atoms with van der Waals surface area (Å²) >= 11 is 0. The van der Waals surface area contributed by atoms with E-state index in [1.165, 1.54) is 6.26 Å². The number of nitrogens with zero attached hydrogens (tertiary/aromatic N) is 1.